The number of pyridine rings is 1. The summed E-state index contributed by atoms with van der Waals surface area (Å²) in [6, 6.07) is 3.38. The molecule has 0 aliphatic rings. The first-order chi connectivity index (χ1) is 4.86. The van der Waals surface area contributed by atoms with Crippen LogP contribution in [0.2, 0.25) is 5.15 Å². The van der Waals surface area contributed by atoms with E-state index in [1.165, 1.54) is 0 Å². The molecule has 0 N–H and O–H groups in total. The molecule has 0 fully saturated rings. The molecule has 0 unspecified atom stereocenters. The van der Waals surface area contributed by atoms with Crippen LogP contribution in [0.4, 0.5) is 0 Å². The van der Waals surface area contributed by atoms with E-state index in [0.717, 1.165) is 0 Å². The summed E-state index contributed by atoms with van der Waals surface area (Å²) in [5.41, 5.74) is 1.16. The zero-order valence-corrected chi connectivity index (χ0v) is 5.58. The highest BCUT2D eigenvalue weighted by Gasteiger charge is 1.92. The Morgan fingerprint density at radius 2 is 2.20 bits per heavy atom. The second-order valence-electron chi connectivity index (χ2n) is 1.77. The maximum absolute atomic E-state index is 5.57. The highest BCUT2D eigenvalue weighted by molar-refractivity contribution is 6.29. The minimum absolute atomic E-state index is 0.412. The van der Waals surface area contributed by atoms with Crippen LogP contribution in [0.5, 0.6) is 0 Å². The smallest absolute Gasteiger partial charge is 0.160 e. The van der Waals surface area contributed by atoms with Crippen molar-refractivity contribution in [2.75, 3.05) is 0 Å². The van der Waals surface area contributed by atoms with Crippen LogP contribution in [0, 0.1) is 0 Å². The molecule has 0 aliphatic heterocycles. The van der Waals surface area contributed by atoms with Gasteiger partial charge in [-0.05, 0) is 12.1 Å². The molecule has 2 aromatic rings. The van der Waals surface area contributed by atoms with E-state index in [1.807, 2.05) is 0 Å². The minimum atomic E-state index is 0.412. The van der Waals surface area contributed by atoms with Gasteiger partial charge in [-0.3, -0.25) is 0 Å². The fourth-order valence-corrected chi connectivity index (χ4v) is 0.826. The van der Waals surface area contributed by atoms with Crippen molar-refractivity contribution in [3.05, 3.63) is 17.3 Å². The van der Waals surface area contributed by atoms with E-state index in [9.17, 15) is 0 Å². The topological polar surface area (TPSA) is 52.8 Å². The number of aromatic nitrogens is 4. The summed E-state index contributed by atoms with van der Waals surface area (Å²) in [6.45, 7) is 0. The van der Waals surface area contributed by atoms with Crippen LogP contribution in [0.1, 0.15) is 0 Å². The van der Waals surface area contributed by atoms with E-state index >= 15 is 0 Å². The average Bonchev–Trinajstić information content (AvgIpc) is 2.33. The Kier molecular flexibility index (Phi) is 1.07. The van der Waals surface area contributed by atoms with Crippen molar-refractivity contribution in [1.82, 2.24) is 20.4 Å². The number of halogens is 1. The van der Waals surface area contributed by atoms with Gasteiger partial charge in [-0.15, -0.1) is 0 Å². The third-order valence-corrected chi connectivity index (χ3v) is 1.32. The molecule has 0 radical (unpaired) electrons. The van der Waals surface area contributed by atoms with Crippen molar-refractivity contribution < 1.29 is 0 Å². The first-order valence-corrected chi connectivity index (χ1v) is 3.02. The zero-order chi connectivity index (χ0) is 6.97. The van der Waals surface area contributed by atoms with Gasteiger partial charge in [-0.2, -0.15) is 0 Å². The molecule has 0 aromatic carbocycles. The lowest BCUT2D eigenvalue weighted by Gasteiger charge is -1.87. The van der Waals surface area contributed by atoms with Crippen LogP contribution < -0.4 is 5.21 Å². The van der Waals surface area contributed by atoms with Crippen LogP contribution in [-0.2, 0) is 0 Å². The van der Waals surface area contributed by atoms with Crippen LogP contribution in [0.15, 0.2) is 12.1 Å². The van der Waals surface area contributed by atoms with Crippen LogP contribution in [0.3, 0.4) is 0 Å². The minimum Gasteiger partial charge on any atom is -0.491 e. The van der Waals surface area contributed by atoms with Gasteiger partial charge >= 0.3 is 0 Å². The molecule has 0 atom stereocenters. The van der Waals surface area contributed by atoms with Gasteiger partial charge in [-0.25, -0.2) is 4.98 Å². The number of rotatable bonds is 0. The van der Waals surface area contributed by atoms with Crippen LogP contribution >= 0.6 is 11.6 Å². The fraction of sp³-hybridized carbons (Fsp3) is 0. The van der Waals surface area contributed by atoms with Crippen molar-refractivity contribution in [3.63, 3.8) is 0 Å². The molecule has 0 saturated heterocycles. The first-order valence-electron chi connectivity index (χ1n) is 2.64. The second kappa shape index (κ2) is 1.91. The third-order valence-electron chi connectivity index (χ3n) is 1.11. The number of hydrogen-bond acceptors (Lipinski definition) is 3. The molecular weight excluding hydrogens is 152 g/mol. The predicted molar refractivity (Wildman–Crippen MR) is 35.7 cm³/mol. The van der Waals surface area contributed by atoms with E-state index in [-0.39, 0.29) is 0 Å². The predicted octanol–water partition coefficient (Wildman–Crippen LogP) is 0.635. The number of hydrogen-bond donors (Lipinski definition) is 0. The van der Waals surface area contributed by atoms with E-state index in [4.69, 9.17) is 11.6 Å². The molecule has 0 aliphatic carbocycles. The van der Waals surface area contributed by atoms with Gasteiger partial charge in [0.15, 0.2) is 5.65 Å². The van der Waals surface area contributed by atoms with Gasteiger partial charge in [0.1, 0.15) is 5.15 Å². The van der Waals surface area contributed by atoms with Crippen molar-refractivity contribution in [3.8, 4) is 0 Å². The van der Waals surface area contributed by atoms with Crippen molar-refractivity contribution in [2.45, 2.75) is 0 Å². The molecule has 5 heteroatoms. The highest BCUT2D eigenvalue weighted by Crippen LogP contribution is 2.08. The second-order valence-corrected chi connectivity index (χ2v) is 2.15. The van der Waals surface area contributed by atoms with E-state index in [0.29, 0.717) is 16.3 Å². The van der Waals surface area contributed by atoms with Crippen molar-refractivity contribution in [1.29, 1.82) is 0 Å². The molecule has 50 valence electrons. The van der Waals surface area contributed by atoms with E-state index in [1.54, 1.807) is 12.1 Å². The molecule has 10 heavy (non-hydrogen) atoms. The molecule has 0 bridgehead atoms. The summed E-state index contributed by atoms with van der Waals surface area (Å²) in [5.74, 6) is 0. The lowest BCUT2D eigenvalue weighted by molar-refractivity contribution is 0.924. The summed E-state index contributed by atoms with van der Waals surface area (Å²) in [7, 11) is 0. The maximum Gasteiger partial charge on any atom is 0.160 e. The Morgan fingerprint density at radius 3 is 3.10 bits per heavy atom. The van der Waals surface area contributed by atoms with Gasteiger partial charge in [0, 0.05) is 0 Å². The monoisotopic (exact) mass is 153 g/mol. The summed E-state index contributed by atoms with van der Waals surface area (Å²) in [4.78, 5) is 3.86. The van der Waals surface area contributed by atoms with Gasteiger partial charge in [0.05, 0.1) is 5.52 Å². The van der Waals surface area contributed by atoms with Crippen molar-refractivity contribution in [2.24, 2.45) is 0 Å². The van der Waals surface area contributed by atoms with Gasteiger partial charge in [-0.1, -0.05) is 11.6 Å². The molecule has 0 spiro atoms. The van der Waals surface area contributed by atoms with Gasteiger partial charge in [0.25, 0.3) is 0 Å². The normalized spacial score (nSPS) is 10.5. The SMILES string of the molecule is Clc1ccc2n[n-]nc2n1. The Labute approximate surface area is 61.2 Å². The average molecular weight is 154 g/mol. The molecule has 2 heterocycles. The summed E-state index contributed by atoms with van der Waals surface area (Å²) in [5, 5.41) is 11.1. The largest absolute Gasteiger partial charge is 0.491 e. The van der Waals surface area contributed by atoms with E-state index in [2.05, 4.69) is 20.4 Å². The molecule has 2 aromatic heterocycles. The molecule has 0 saturated carbocycles. The van der Waals surface area contributed by atoms with Crippen LogP contribution in [0.25, 0.3) is 11.2 Å². The Morgan fingerprint density at radius 1 is 1.30 bits per heavy atom. The van der Waals surface area contributed by atoms with Crippen LogP contribution in [-0.4, -0.2) is 15.2 Å². The molecule has 4 nitrogen and oxygen atoms in total. The zero-order valence-electron chi connectivity index (χ0n) is 4.82. The number of nitrogens with zero attached hydrogens (tertiary/aromatic N) is 4. The first kappa shape index (κ1) is 5.61. The molecule has 0 amide bonds. The summed E-state index contributed by atoms with van der Waals surface area (Å²) >= 11 is 5.57. The molecular formula is C5H2ClN4-. The van der Waals surface area contributed by atoms with Gasteiger partial charge in [0.2, 0.25) is 0 Å². The van der Waals surface area contributed by atoms with Crippen molar-refractivity contribution >= 4 is 22.8 Å². The standard InChI is InChI=1S/C5H2ClN4/c6-4-2-1-3-5(7-4)9-10-8-3/h1-2H/q-1. The number of fused-ring (bicyclic) bond motifs is 1. The Balaban J connectivity index is 2.86. The summed E-state index contributed by atoms with van der Waals surface area (Å²) < 4.78 is 0. The molecule has 2 rings (SSSR count). The third kappa shape index (κ3) is 0.733. The highest BCUT2D eigenvalue weighted by atomic mass is 35.5. The Bertz CT molecular complexity index is 355. The Hall–Kier alpha value is -1.16. The van der Waals surface area contributed by atoms with E-state index < -0.39 is 0 Å². The maximum atomic E-state index is 5.57. The fourth-order valence-electron chi connectivity index (χ4n) is 0.682. The summed E-state index contributed by atoms with van der Waals surface area (Å²) in [6.07, 6.45) is 0. The lowest BCUT2D eigenvalue weighted by atomic mass is 10.4. The lowest BCUT2D eigenvalue weighted by Crippen LogP contribution is -1.76. The quantitative estimate of drug-likeness (QED) is 0.521. The van der Waals surface area contributed by atoms with Gasteiger partial charge < -0.3 is 15.4 Å².